The van der Waals surface area contributed by atoms with E-state index < -0.39 is 6.10 Å². The predicted molar refractivity (Wildman–Crippen MR) is 71.9 cm³/mol. The molecule has 0 spiro atoms. The molecule has 0 aliphatic rings. The highest BCUT2D eigenvalue weighted by Crippen LogP contribution is 2.08. The van der Waals surface area contributed by atoms with Crippen molar-refractivity contribution in [3.05, 3.63) is 59.5 Å². The summed E-state index contributed by atoms with van der Waals surface area (Å²) in [4.78, 5) is 11.8. The molecular formula is C15H17NO3. The number of aliphatic hydroxyl groups excluding tert-OH is 1. The maximum atomic E-state index is 11.8. The van der Waals surface area contributed by atoms with Crippen LogP contribution in [0, 0.1) is 6.92 Å². The quantitative estimate of drug-likeness (QED) is 0.862. The van der Waals surface area contributed by atoms with E-state index in [-0.39, 0.29) is 12.5 Å². The van der Waals surface area contributed by atoms with Crippen molar-refractivity contribution in [2.24, 2.45) is 0 Å². The summed E-state index contributed by atoms with van der Waals surface area (Å²) in [6, 6.07) is 11.3. The number of amides is 1. The Kier molecular flexibility index (Phi) is 4.36. The fourth-order valence-corrected chi connectivity index (χ4v) is 1.88. The number of hydrogen-bond donors (Lipinski definition) is 2. The first-order valence-corrected chi connectivity index (χ1v) is 6.21. The molecule has 4 nitrogen and oxygen atoms in total. The lowest BCUT2D eigenvalue weighted by Crippen LogP contribution is -2.33. The maximum absolute atomic E-state index is 11.8. The van der Waals surface area contributed by atoms with Gasteiger partial charge in [0.2, 0.25) is 0 Å². The second kappa shape index (κ2) is 6.20. The van der Waals surface area contributed by atoms with E-state index in [0.717, 1.165) is 5.56 Å². The van der Waals surface area contributed by atoms with Crippen molar-refractivity contribution in [1.29, 1.82) is 0 Å². The topological polar surface area (TPSA) is 62.5 Å². The minimum Gasteiger partial charge on any atom is -0.469 e. The van der Waals surface area contributed by atoms with Gasteiger partial charge in [-0.2, -0.15) is 0 Å². The van der Waals surface area contributed by atoms with Gasteiger partial charge in [-0.3, -0.25) is 4.79 Å². The molecule has 1 heterocycles. The molecule has 2 N–H and O–H groups in total. The van der Waals surface area contributed by atoms with Gasteiger partial charge in [-0.1, -0.05) is 30.3 Å². The van der Waals surface area contributed by atoms with Crippen LogP contribution in [0.1, 0.15) is 21.7 Å². The third kappa shape index (κ3) is 3.69. The normalized spacial score (nSPS) is 12.1. The number of benzene rings is 1. The van der Waals surface area contributed by atoms with Crippen LogP contribution in [0.2, 0.25) is 0 Å². The van der Waals surface area contributed by atoms with Gasteiger partial charge >= 0.3 is 0 Å². The number of aryl methyl sites for hydroxylation is 1. The molecule has 0 saturated heterocycles. The molecule has 0 aliphatic carbocycles. The van der Waals surface area contributed by atoms with Crippen LogP contribution in [0.5, 0.6) is 0 Å². The van der Waals surface area contributed by atoms with Gasteiger partial charge in [-0.15, -0.1) is 0 Å². The Morgan fingerprint density at radius 3 is 2.68 bits per heavy atom. The number of carbonyl (C=O) groups excluding carboxylic acids is 1. The summed E-state index contributed by atoms with van der Waals surface area (Å²) in [6.45, 7) is 1.95. The van der Waals surface area contributed by atoms with E-state index in [1.807, 2.05) is 30.3 Å². The van der Waals surface area contributed by atoms with Gasteiger partial charge in [-0.25, -0.2) is 0 Å². The van der Waals surface area contributed by atoms with Crippen LogP contribution < -0.4 is 5.32 Å². The van der Waals surface area contributed by atoms with Crippen LogP contribution in [-0.4, -0.2) is 23.7 Å². The van der Waals surface area contributed by atoms with Crippen molar-refractivity contribution < 1.29 is 14.3 Å². The van der Waals surface area contributed by atoms with Gasteiger partial charge in [0.15, 0.2) is 0 Å². The lowest BCUT2D eigenvalue weighted by Gasteiger charge is -2.11. The van der Waals surface area contributed by atoms with Crippen LogP contribution in [-0.2, 0) is 6.42 Å². The van der Waals surface area contributed by atoms with Gasteiger partial charge in [0.25, 0.3) is 5.91 Å². The van der Waals surface area contributed by atoms with Crippen LogP contribution in [0.25, 0.3) is 0 Å². The standard InChI is InChI=1S/C15H17NO3/c1-11-14(7-8-19-11)15(18)16-10-13(17)9-12-5-3-2-4-6-12/h2-8,13,17H,9-10H2,1H3,(H,16,18). The third-order valence-corrected chi connectivity index (χ3v) is 2.92. The number of furan rings is 1. The van der Waals surface area contributed by atoms with Gasteiger partial charge in [-0.05, 0) is 18.6 Å². The fourth-order valence-electron chi connectivity index (χ4n) is 1.88. The van der Waals surface area contributed by atoms with Crippen molar-refractivity contribution in [2.45, 2.75) is 19.4 Å². The summed E-state index contributed by atoms with van der Waals surface area (Å²) in [5.41, 5.74) is 1.55. The maximum Gasteiger partial charge on any atom is 0.254 e. The molecule has 0 fully saturated rings. The molecule has 1 amide bonds. The van der Waals surface area contributed by atoms with Crippen LogP contribution in [0.4, 0.5) is 0 Å². The summed E-state index contributed by atoms with van der Waals surface area (Å²) in [7, 11) is 0. The molecule has 100 valence electrons. The SMILES string of the molecule is Cc1occc1C(=O)NCC(O)Cc1ccccc1. The van der Waals surface area contributed by atoms with E-state index in [9.17, 15) is 9.90 Å². The first kappa shape index (κ1) is 13.4. The molecule has 2 rings (SSSR count). The number of hydrogen-bond acceptors (Lipinski definition) is 3. The molecule has 1 unspecified atom stereocenters. The first-order valence-electron chi connectivity index (χ1n) is 6.21. The molecule has 1 aromatic heterocycles. The largest absolute Gasteiger partial charge is 0.469 e. The van der Waals surface area contributed by atoms with Gasteiger partial charge in [0.1, 0.15) is 5.76 Å². The Labute approximate surface area is 112 Å². The minimum absolute atomic E-state index is 0.221. The molecule has 1 atom stereocenters. The van der Waals surface area contributed by atoms with Gasteiger partial charge in [0.05, 0.1) is 17.9 Å². The van der Waals surface area contributed by atoms with Crippen molar-refractivity contribution in [2.75, 3.05) is 6.54 Å². The molecule has 4 heteroatoms. The second-order valence-electron chi connectivity index (χ2n) is 4.44. The van der Waals surface area contributed by atoms with Crippen LogP contribution in [0.3, 0.4) is 0 Å². The number of rotatable bonds is 5. The highest BCUT2D eigenvalue weighted by molar-refractivity contribution is 5.95. The molecule has 2 aromatic rings. The highest BCUT2D eigenvalue weighted by atomic mass is 16.3. The molecule has 0 radical (unpaired) electrons. The van der Waals surface area contributed by atoms with Crippen molar-refractivity contribution in [1.82, 2.24) is 5.32 Å². The molecular weight excluding hydrogens is 242 g/mol. The fraction of sp³-hybridized carbons (Fsp3) is 0.267. The number of carbonyl (C=O) groups is 1. The molecule has 19 heavy (non-hydrogen) atoms. The van der Waals surface area contributed by atoms with E-state index in [0.29, 0.717) is 17.7 Å². The minimum atomic E-state index is -0.599. The van der Waals surface area contributed by atoms with Crippen molar-refractivity contribution >= 4 is 5.91 Å². The zero-order valence-corrected chi connectivity index (χ0v) is 10.8. The number of nitrogens with one attached hydrogen (secondary N) is 1. The summed E-state index contributed by atoms with van der Waals surface area (Å²) < 4.78 is 5.06. The Morgan fingerprint density at radius 1 is 1.32 bits per heavy atom. The monoisotopic (exact) mass is 259 g/mol. The van der Waals surface area contributed by atoms with E-state index in [4.69, 9.17) is 4.42 Å². The summed E-state index contributed by atoms with van der Waals surface area (Å²) >= 11 is 0. The third-order valence-electron chi connectivity index (χ3n) is 2.92. The zero-order chi connectivity index (χ0) is 13.7. The smallest absolute Gasteiger partial charge is 0.254 e. The average Bonchev–Trinajstić information content (AvgIpc) is 2.83. The summed E-state index contributed by atoms with van der Waals surface area (Å²) in [6.07, 6.45) is 1.40. The van der Waals surface area contributed by atoms with E-state index in [1.54, 1.807) is 13.0 Å². The van der Waals surface area contributed by atoms with Gasteiger partial charge in [0, 0.05) is 13.0 Å². The highest BCUT2D eigenvalue weighted by Gasteiger charge is 2.13. The molecule has 0 aliphatic heterocycles. The van der Waals surface area contributed by atoms with E-state index >= 15 is 0 Å². The van der Waals surface area contributed by atoms with Crippen molar-refractivity contribution in [3.8, 4) is 0 Å². The number of aliphatic hydroxyl groups is 1. The van der Waals surface area contributed by atoms with E-state index in [1.165, 1.54) is 6.26 Å². The van der Waals surface area contributed by atoms with E-state index in [2.05, 4.69) is 5.32 Å². The predicted octanol–water partition coefficient (Wildman–Crippen LogP) is 1.92. The Morgan fingerprint density at radius 2 is 2.05 bits per heavy atom. The molecule has 0 saturated carbocycles. The Hall–Kier alpha value is -2.07. The zero-order valence-electron chi connectivity index (χ0n) is 10.8. The Balaban J connectivity index is 1.82. The molecule has 0 bridgehead atoms. The Bertz CT molecular complexity index is 533. The second-order valence-corrected chi connectivity index (χ2v) is 4.44. The summed E-state index contributed by atoms with van der Waals surface area (Å²) in [5.74, 6) is 0.355. The lowest BCUT2D eigenvalue weighted by molar-refractivity contribution is 0.0914. The summed E-state index contributed by atoms with van der Waals surface area (Å²) in [5, 5.41) is 12.6. The molecule has 1 aromatic carbocycles. The van der Waals surface area contributed by atoms with Crippen LogP contribution >= 0.6 is 0 Å². The lowest BCUT2D eigenvalue weighted by atomic mass is 10.1. The van der Waals surface area contributed by atoms with Crippen LogP contribution in [0.15, 0.2) is 47.1 Å². The van der Waals surface area contributed by atoms with Crippen molar-refractivity contribution in [3.63, 3.8) is 0 Å². The average molecular weight is 259 g/mol. The first-order chi connectivity index (χ1) is 9.16. The van der Waals surface area contributed by atoms with Gasteiger partial charge < -0.3 is 14.8 Å².